The van der Waals surface area contributed by atoms with Gasteiger partial charge in [-0.15, -0.1) is 0 Å². The van der Waals surface area contributed by atoms with Gasteiger partial charge < -0.3 is 5.32 Å². The lowest BCUT2D eigenvalue weighted by atomic mass is 10.1. The lowest BCUT2D eigenvalue weighted by Crippen LogP contribution is -2.23. The summed E-state index contributed by atoms with van der Waals surface area (Å²) >= 11 is 1.37. The number of rotatable bonds is 6. The fraction of sp³-hybridized carbons (Fsp3) is 0.273. The van der Waals surface area contributed by atoms with Crippen LogP contribution in [-0.2, 0) is 14.8 Å². The first-order chi connectivity index (χ1) is 14.1. The molecule has 0 fully saturated rings. The highest BCUT2D eigenvalue weighted by Crippen LogP contribution is 2.29. The average Bonchev–Trinajstić information content (AvgIpc) is 2.69. The normalized spacial score (nSPS) is 12.9. The Morgan fingerprint density at radius 3 is 2.43 bits per heavy atom. The Kier molecular flexibility index (Phi) is 6.50. The summed E-state index contributed by atoms with van der Waals surface area (Å²) in [6.45, 7) is 5.71. The smallest absolute Gasteiger partial charge is 0.242 e. The van der Waals surface area contributed by atoms with E-state index in [9.17, 15) is 13.2 Å². The van der Waals surface area contributed by atoms with Crippen LogP contribution in [0.3, 0.4) is 0 Å². The van der Waals surface area contributed by atoms with Crippen LogP contribution in [0.1, 0.15) is 18.1 Å². The quantitative estimate of drug-likeness (QED) is 0.577. The number of amides is 1. The van der Waals surface area contributed by atoms with Crippen LogP contribution in [0.25, 0.3) is 10.9 Å². The zero-order chi connectivity index (χ0) is 22.1. The molecule has 1 atom stereocenters. The van der Waals surface area contributed by atoms with Crippen LogP contribution in [0.2, 0.25) is 0 Å². The zero-order valence-electron chi connectivity index (χ0n) is 17.6. The Labute approximate surface area is 181 Å². The van der Waals surface area contributed by atoms with Crippen molar-refractivity contribution >= 4 is 44.3 Å². The number of pyridine rings is 1. The van der Waals surface area contributed by atoms with Gasteiger partial charge in [0.05, 0.1) is 20.7 Å². The molecule has 0 spiro atoms. The van der Waals surface area contributed by atoms with Gasteiger partial charge in [-0.3, -0.25) is 4.79 Å². The molecule has 0 aliphatic heterocycles. The first-order valence-corrected chi connectivity index (χ1v) is 11.8. The summed E-state index contributed by atoms with van der Waals surface area (Å²) in [5, 5.41) is 4.11. The molecular formula is C22H25N3O3S2. The topological polar surface area (TPSA) is 79.4 Å². The van der Waals surface area contributed by atoms with Crippen molar-refractivity contribution in [2.75, 3.05) is 19.4 Å². The van der Waals surface area contributed by atoms with E-state index in [0.29, 0.717) is 5.52 Å². The molecule has 3 rings (SSSR count). The van der Waals surface area contributed by atoms with Crippen LogP contribution in [0.5, 0.6) is 0 Å². The molecule has 0 unspecified atom stereocenters. The van der Waals surface area contributed by atoms with E-state index >= 15 is 0 Å². The Morgan fingerprint density at radius 2 is 1.77 bits per heavy atom. The summed E-state index contributed by atoms with van der Waals surface area (Å²) in [4.78, 5) is 17.5. The van der Waals surface area contributed by atoms with Crippen LogP contribution < -0.4 is 5.32 Å². The number of aryl methyl sites for hydroxylation is 2. The van der Waals surface area contributed by atoms with Crippen molar-refractivity contribution < 1.29 is 13.2 Å². The summed E-state index contributed by atoms with van der Waals surface area (Å²) < 4.78 is 26.0. The molecule has 0 saturated heterocycles. The van der Waals surface area contributed by atoms with Gasteiger partial charge in [-0.1, -0.05) is 30.0 Å². The summed E-state index contributed by atoms with van der Waals surface area (Å²) in [5.74, 6) is -0.0960. The first kappa shape index (κ1) is 22.3. The van der Waals surface area contributed by atoms with Crippen molar-refractivity contribution in [2.24, 2.45) is 0 Å². The highest BCUT2D eigenvalue weighted by atomic mass is 32.2. The molecular weight excluding hydrogens is 418 g/mol. The predicted octanol–water partition coefficient (Wildman–Crippen LogP) is 4.22. The maximum atomic E-state index is 12.6. The van der Waals surface area contributed by atoms with E-state index in [2.05, 4.69) is 10.3 Å². The average molecular weight is 444 g/mol. The summed E-state index contributed by atoms with van der Waals surface area (Å²) in [6.07, 6.45) is 0. The van der Waals surface area contributed by atoms with Gasteiger partial charge in [0.25, 0.3) is 0 Å². The number of carbonyl (C=O) groups is 1. The lowest BCUT2D eigenvalue weighted by Gasteiger charge is -2.15. The van der Waals surface area contributed by atoms with Gasteiger partial charge in [-0.25, -0.2) is 17.7 Å². The third kappa shape index (κ3) is 4.66. The summed E-state index contributed by atoms with van der Waals surface area (Å²) in [6, 6.07) is 14.5. The Bertz CT molecular complexity index is 1210. The number of aromatic nitrogens is 1. The second-order valence-electron chi connectivity index (χ2n) is 7.31. The summed E-state index contributed by atoms with van der Waals surface area (Å²) in [5.41, 5.74) is 3.41. The number of anilines is 1. The van der Waals surface area contributed by atoms with E-state index in [1.165, 1.54) is 30.2 Å². The fourth-order valence-corrected chi connectivity index (χ4v) is 4.81. The molecule has 1 N–H and O–H groups in total. The molecule has 2 aromatic carbocycles. The van der Waals surface area contributed by atoms with Gasteiger partial charge in [0.2, 0.25) is 15.9 Å². The SMILES string of the molecule is Cc1ccccc1NC(=O)[C@H](C)Sc1cc(C)c2cc(S(=O)(=O)N(C)C)ccc2n1. The standard InChI is InChI=1S/C22H25N3O3S2/c1-14-8-6-7-9-19(14)24-22(26)16(3)29-21-12-15(2)18-13-17(10-11-20(18)23-21)30(27,28)25(4)5/h6-13,16H,1-5H3,(H,24,26)/t16-/m0/s1. The van der Waals surface area contributed by atoms with Gasteiger partial charge in [0.1, 0.15) is 0 Å². The monoisotopic (exact) mass is 443 g/mol. The maximum Gasteiger partial charge on any atom is 0.242 e. The fourth-order valence-electron chi connectivity index (χ4n) is 2.96. The van der Waals surface area contributed by atoms with Crippen LogP contribution in [0.15, 0.2) is 58.5 Å². The molecule has 30 heavy (non-hydrogen) atoms. The number of carbonyl (C=O) groups excluding carboxylic acids is 1. The molecule has 0 aliphatic carbocycles. The molecule has 3 aromatic rings. The predicted molar refractivity (Wildman–Crippen MR) is 122 cm³/mol. The van der Waals surface area contributed by atoms with E-state index in [1.807, 2.05) is 51.1 Å². The molecule has 0 bridgehead atoms. The molecule has 1 amide bonds. The van der Waals surface area contributed by atoms with Gasteiger partial charge in [0, 0.05) is 25.2 Å². The highest BCUT2D eigenvalue weighted by molar-refractivity contribution is 8.00. The van der Waals surface area contributed by atoms with E-state index < -0.39 is 10.0 Å². The molecule has 1 heterocycles. The third-order valence-corrected chi connectivity index (χ3v) is 7.64. The van der Waals surface area contributed by atoms with Gasteiger partial charge >= 0.3 is 0 Å². The van der Waals surface area contributed by atoms with E-state index in [4.69, 9.17) is 0 Å². The van der Waals surface area contributed by atoms with E-state index in [-0.39, 0.29) is 16.1 Å². The number of hydrogen-bond donors (Lipinski definition) is 1. The minimum atomic E-state index is -3.51. The number of para-hydroxylation sites is 1. The lowest BCUT2D eigenvalue weighted by molar-refractivity contribution is -0.115. The molecule has 1 aromatic heterocycles. The number of fused-ring (bicyclic) bond motifs is 1. The van der Waals surface area contributed by atoms with E-state index in [0.717, 1.165) is 27.2 Å². The molecule has 158 valence electrons. The third-order valence-electron chi connectivity index (χ3n) is 4.81. The van der Waals surface area contributed by atoms with E-state index in [1.54, 1.807) is 18.2 Å². The van der Waals surface area contributed by atoms with Crippen molar-refractivity contribution in [2.45, 2.75) is 35.9 Å². The second kappa shape index (κ2) is 8.75. The number of benzene rings is 2. The van der Waals surface area contributed by atoms with Crippen LogP contribution in [0.4, 0.5) is 5.69 Å². The number of nitrogens with one attached hydrogen (secondary N) is 1. The molecule has 6 nitrogen and oxygen atoms in total. The largest absolute Gasteiger partial charge is 0.325 e. The Balaban J connectivity index is 1.83. The minimum absolute atomic E-state index is 0.0960. The number of hydrogen-bond acceptors (Lipinski definition) is 5. The molecule has 0 radical (unpaired) electrons. The molecule has 8 heteroatoms. The number of nitrogens with zero attached hydrogens (tertiary/aromatic N) is 2. The highest BCUT2D eigenvalue weighted by Gasteiger charge is 2.20. The van der Waals surface area contributed by atoms with Crippen molar-refractivity contribution in [3.05, 3.63) is 59.7 Å². The Hall–Kier alpha value is -2.42. The summed E-state index contributed by atoms with van der Waals surface area (Å²) in [7, 11) is -0.496. The first-order valence-electron chi connectivity index (χ1n) is 9.46. The van der Waals surface area contributed by atoms with Gasteiger partial charge in [-0.05, 0) is 62.2 Å². The zero-order valence-corrected chi connectivity index (χ0v) is 19.3. The van der Waals surface area contributed by atoms with Gasteiger partial charge in [-0.2, -0.15) is 0 Å². The van der Waals surface area contributed by atoms with Crippen molar-refractivity contribution in [3.8, 4) is 0 Å². The molecule has 0 saturated carbocycles. The Morgan fingerprint density at radius 1 is 1.07 bits per heavy atom. The maximum absolute atomic E-state index is 12.6. The van der Waals surface area contributed by atoms with Crippen LogP contribution >= 0.6 is 11.8 Å². The minimum Gasteiger partial charge on any atom is -0.325 e. The number of thioether (sulfide) groups is 1. The second-order valence-corrected chi connectivity index (χ2v) is 10.8. The van der Waals surface area contributed by atoms with Crippen molar-refractivity contribution in [3.63, 3.8) is 0 Å². The van der Waals surface area contributed by atoms with Crippen molar-refractivity contribution in [1.82, 2.24) is 9.29 Å². The van der Waals surface area contributed by atoms with Crippen LogP contribution in [-0.4, -0.2) is 43.0 Å². The van der Waals surface area contributed by atoms with Crippen molar-refractivity contribution in [1.29, 1.82) is 0 Å². The van der Waals surface area contributed by atoms with Crippen LogP contribution in [0, 0.1) is 13.8 Å². The number of sulfonamides is 1. The van der Waals surface area contributed by atoms with Gasteiger partial charge in [0.15, 0.2) is 0 Å². The molecule has 0 aliphatic rings.